The zero-order valence-corrected chi connectivity index (χ0v) is 18.5. The summed E-state index contributed by atoms with van der Waals surface area (Å²) in [7, 11) is 0. The van der Waals surface area contributed by atoms with Crippen molar-refractivity contribution in [1.29, 1.82) is 0 Å². The molecule has 0 aliphatic carbocycles. The molecule has 2 aromatic carbocycles. The molecule has 0 fully saturated rings. The minimum atomic E-state index is -1.96. The van der Waals surface area contributed by atoms with Crippen molar-refractivity contribution in [3.8, 4) is 11.4 Å². The van der Waals surface area contributed by atoms with E-state index in [0.29, 0.717) is 11.8 Å². The summed E-state index contributed by atoms with van der Waals surface area (Å²) in [4.78, 5) is 17.2. The van der Waals surface area contributed by atoms with E-state index in [2.05, 4.69) is 20.4 Å². The number of nitrogens with zero attached hydrogens (tertiary/aromatic N) is 8. The van der Waals surface area contributed by atoms with E-state index >= 15 is 0 Å². The van der Waals surface area contributed by atoms with Crippen molar-refractivity contribution in [3.05, 3.63) is 108 Å². The zero-order chi connectivity index (χ0) is 24.6. The number of hydrogen-bond acceptors (Lipinski definition) is 6. The summed E-state index contributed by atoms with van der Waals surface area (Å²) < 4.78 is 34.0. The Labute approximate surface area is 197 Å². The molecule has 178 valence electrons. The average Bonchev–Trinajstić information content (AvgIpc) is 3.61. The van der Waals surface area contributed by atoms with Gasteiger partial charge < -0.3 is 5.11 Å². The summed E-state index contributed by atoms with van der Waals surface area (Å²) >= 11 is 0. The highest BCUT2D eigenvalue weighted by Crippen LogP contribution is 2.36. The second kappa shape index (κ2) is 8.72. The third-order valence-electron chi connectivity index (χ3n) is 5.99. The summed E-state index contributed by atoms with van der Waals surface area (Å²) in [6.45, 7) is 1.36. The van der Waals surface area contributed by atoms with Gasteiger partial charge in [-0.3, -0.25) is 9.13 Å². The molecule has 5 rings (SSSR count). The number of aromatic nitrogens is 8. The van der Waals surface area contributed by atoms with Crippen LogP contribution in [-0.4, -0.2) is 44.0 Å². The highest BCUT2D eigenvalue weighted by atomic mass is 19.1. The summed E-state index contributed by atoms with van der Waals surface area (Å²) in [6, 6.07) is 9.01. The normalized spacial score (nSPS) is 14.1. The van der Waals surface area contributed by atoms with Crippen LogP contribution in [0.25, 0.3) is 11.4 Å². The summed E-state index contributed by atoms with van der Waals surface area (Å²) in [5.41, 5.74) is -1.23. The summed E-state index contributed by atoms with van der Waals surface area (Å²) in [5.74, 6) is -1.71. The van der Waals surface area contributed by atoms with Crippen LogP contribution < -0.4 is 5.69 Å². The molecule has 35 heavy (non-hydrogen) atoms. The van der Waals surface area contributed by atoms with E-state index in [0.717, 1.165) is 11.8 Å². The predicted molar refractivity (Wildman–Crippen MR) is 120 cm³/mol. The standard InChI is InChI=1S/C23H20F2N8O2/c1-16(23(35,13-30-15-26-14-28-30)20-7-2-17(24)12-21(20)25)31-10-11-32(22(31)34)18-3-5-19(6-4-18)33-9-8-27-29-33/h2-12,14-16,35H,13H2,1H3/t16-,23+/m1/s1. The first kappa shape index (κ1) is 22.3. The van der Waals surface area contributed by atoms with Gasteiger partial charge in [0.25, 0.3) is 0 Å². The van der Waals surface area contributed by atoms with Crippen molar-refractivity contribution in [2.75, 3.05) is 0 Å². The molecule has 0 aliphatic rings. The fourth-order valence-electron chi connectivity index (χ4n) is 4.07. The Morgan fingerprint density at radius 1 is 1.06 bits per heavy atom. The molecule has 0 bridgehead atoms. The van der Waals surface area contributed by atoms with Crippen LogP contribution in [0.5, 0.6) is 0 Å². The maximum atomic E-state index is 14.8. The van der Waals surface area contributed by atoms with E-state index in [-0.39, 0.29) is 12.1 Å². The number of benzene rings is 2. The Kier molecular flexibility index (Phi) is 5.57. The molecule has 10 nitrogen and oxygen atoms in total. The van der Waals surface area contributed by atoms with E-state index in [1.165, 1.54) is 38.7 Å². The third-order valence-corrected chi connectivity index (χ3v) is 5.99. The second-order valence-electron chi connectivity index (χ2n) is 8.04. The Morgan fingerprint density at radius 2 is 1.83 bits per heavy atom. The van der Waals surface area contributed by atoms with Gasteiger partial charge >= 0.3 is 5.69 Å². The third kappa shape index (κ3) is 4.04. The Balaban J connectivity index is 1.53. The van der Waals surface area contributed by atoms with Gasteiger partial charge in [0.15, 0.2) is 0 Å². The Morgan fingerprint density at radius 3 is 2.49 bits per heavy atom. The summed E-state index contributed by atoms with van der Waals surface area (Å²) in [5, 5.41) is 23.5. The van der Waals surface area contributed by atoms with Gasteiger partial charge in [-0.05, 0) is 37.3 Å². The molecule has 0 unspecified atom stereocenters. The highest BCUT2D eigenvalue weighted by Gasteiger charge is 2.41. The van der Waals surface area contributed by atoms with Crippen LogP contribution in [0.1, 0.15) is 18.5 Å². The van der Waals surface area contributed by atoms with Gasteiger partial charge in [-0.25, -0.2) is 27.9 Å². The number of aliphatic hydroxyl groups is 1. The predicted octanol–water partition coefficient (Wildman–Crippen LogP) is 2.24. The van der Waals surface area contributed by atoms with Crippen LogP contribution in [0.4, 0.5) is 8.78 Å². The number of rotatable bonds is 7. The lowest BCUT2D eigenvalue weighted by molar-refractivity contribution is -0.0342. The lowest BCUT2D eigenvalue weighted by atomic mass is 9.86. The van der Waals surface area contributed by atoms with Crippen LogP contribution in [0.15, 0.2) is 84.7 Å². The fourth-order valence-corrected chi connectivity index (χ4v) is 4.07. The minimum absolute atomic E-state index is 0.168. The Bertz CT molecular complexity index is 1490. The van der Waals surface area contributed by atoms with Crippen LogP contribution in [0.3, 0.4) is 0 Å². The van der Waals surface area contributed by atoms with Crippen LogP contribution >= 0.6 is 0 Å². The van der Waals surface area contributed by atoms with Gasteiger partial charge in [0.2, 0.25) is 0 Å². The number of halogens is 2. The minimum Gasteiger partial charge on any atom is -0.381 e. The van der Waals surface area contributed by atoms with E-state index in [9.17, 15) is 18.7 Å². The molecular weight excluding hydrogens is 458 g/mol. The molecule has 0 aliphatic heterocycles. The van der Waals surface area contributed by atoms with E-state index in [1.54, 1.807) is 54.5 Å². The van der Waals surface area contributed by atoms with Crippen molar-refractivity contribution in [1.82, 2.24) is 38.9 Å². The maximum Gasteiger partial charge on any atom is 0.333 e. The lowest BCUT2D eigenvalue weighted by Gasteiger charge is -2.35. The molecule has 12 heteroatoms. The van der Waals surface area contributed by atoms with Crippen molar-refractivity contribution in [2.45, 2.75) is 25.1 Å². The van der Waals surface area contributed by atoms with Gasteiger partial charge in [-0.2, -0.15) is 5.10 Å². The van der Waals surface area contributed by atoms with Gasteiger partial charge in [-0.15, -0.1) is 5.10 Å². The summed E-state index contributed by atoms with van der Waals surface area (Å²) in [6.07, 6.45) is 8.96. The molecule has 3 heterocycles. The van der Waals surface area contributed by atoms with Crippen molar-refractivity contribution in [2.24, 2.45) is 0 Å². The molecule has 0 spiro atoms. The van der Waals surface area contributed by atoms with Gasteiger partial charge in [-0.1, -0.05) is 11.3 Å². The maximum absolute atomic E-state index is 14.8. The van der Waals surface area contributed by atoms with Crippen LogP contribution in [0.2, 0.25) is 0 Å². The molecule has 5 aromatic rings. The van der Waals surface area contributed by atoms with E-state index in [4.69, 9.17) is 0 Å². The molecule has 2 atom stereocenters. The second-order valence-corrected chi connectivity index (χ2v) is 8.04. The largest absolute Gasteiger partial charge is 0.381 e. The number of hydrogen-bond donors (Lipinski definition) is 1. The van der Waals surface area contributed by atoms with Crippen molar-refractivity contribution < 1.29 is 13.9 Å². The fraction of sp³-hybridized carbons (Fsp3) is 0.174. The van der Waals surface area contributed by atoms with Gasteiger partial charge in [0.05, 0.1) is 36.4 Å². The topological polar surface area (TPSA) is 109 Å². The lowest BCUT2D eigenvalue weighted by Crippen LogP contribution is -2.43. The molecular formula is C23H20F2N8O2. The van der Waals surface area contributed by atoms with E-state index in [1.807, 2.05) is 0 Å². The average molecular weight is 478 g/mol. The Hall–Kier alpha value is -4.45. The van der Waals surface area contributed by atoms with Crippen molar-refractivity contribution in [3.63, 3.8) is 0 Å². The first-order valence-corrected chi connectivity index (χ1v) is 10.6. The highest BCUT2D eigenvalue weighted by molar-refractivity contribution is 5.41. The first-order valence-electron chi connectivity index (χ1n) is 10.6. The van der Waals surface area contributed by atoms with Crippen LogP contribution in [-0.2, 0) is 12.1 Å². The SMILES string of the molecule is C[C@@H](n1ccn(-c2ccc(-n3ccnn3)cc2)c1=O)[C@@](O)(Cn1cncn1)c1ccc(F)cc1F. The van der Waals surface area contributed by atoms with Gasteiger partial charge in [0.1, 0.15) is 29.9 Å². The van der Waals surface area contributed by atoms with Crippen LogP contribution in [0, 0.1) is 11.6 Å². The quantitative estimate of drug-likeness (QED) is 0.384. The number of imidazole rings is 1. The molecule has 0 saturated heterocycles. The van der Waals surface area contributed by atoms with Gasteiger partial charge in [0, 0.05) is 24.0 Å². The molecule has 0 saturated carbocycles. The molecule has 0 amide bonds. The monoisotopic (exact) mass is 478 g/mol. The van der Waals surface area contributed by atoms with E-state index < -0.39 is 29.0 Å². The molecule has 1 N–H and O–H groups in total. The van der Waals surface area contributed by atoms with Crippen molar-refractivity contribution >= 4 is 0 Å². The molecule has 3 aromatic heterocycles. The first-order chi connectivity index (χ1) is 16.9. The smallest absolute Gasteiger partial charge is 0.333 e. The molecule has 0 radical (unpaired) electrons. The zero-order valence-electron chi connectivity index (χ0n) is 18.5.